The molecule has 1 rings (SSSR count). The lowest BCUT2D eigenvalue weighted by Crippen LogP contribution is -2.51. The van der Waals surface area contributed by atoms with Gasteiger partial charge in [0.2, 0.25) is 5.91 Å². The summed E-state index contributed by atoms with van der Waals surface area (Å²) < 4.78 is 0. The molecular formula is C13H24N2O3. The Balaban J connectivity index is 2.87. The van der Waals surface area contributed by atoms with Crippen LogP contribution >= 0.6 is 0 Å². The molecule has 0 bridgehead atoms. The van der Waals surface area contributed by atoms with Gasteiger partial charge in [0.15, 0.2) is 0 Å². The Morgan fingerprint density at radius 3 is 2.33 bits per heavy atom. The molecule has 1 saturated carbocycles. The van der Waals surface area contributed by atoms with Crippen molar-refractivity contribution in [3.8, 4) is 0 Å². The molecule has 0 radical (unpaired) electrons. The number of carbonyl (C=O) groups excluding carboxylic acids is 1. The van der Waals surface area contributed by atoms with Crippen LogP contribution in [0, 0.1) is 5.41 Å². The molecular weight excluding hydrogens is 232 g/mol. The molecule has 1 amide bonds. The van der Waals surface area contributed by atoms with Crippen LogP contribution in [0.5, 0.6) is 0 Å². The molecule has 104 valence electrons. The Kier molecular flexibility index (Phi) is 5.14. The standard InChI is InChI=1S/C13H24N2O3/c1-3-13(2,9-14)12(18)15(8-11(16)17)10-6-4-5-7-10/h10H,3-9,14H2,1-2H3,(H,16,17). The summed E-state index contributed by atoms with van der Waals surface area (Å²) in [6.45, 7) is 3.78. The number of aliphatic carboxylic acids is 1. The molecule has 5 nitrogen and oxygen atoms in total. The van der Waals surface area contributed by atoms with E-state index in [1.54, 1.807) is 0 Å². The minimum absolute atomic E-state index is 0.0750. The Morgan fingerprint density at radius 2 is 1.94 bits per heavy atom. The van der Waals surface area contributed by atoms with Crippen molar-refractivity contribution in [3.63, 3.8) is 0 Å². The molecule has 0 aromatic rings. The van der Waals surface area contributed by atoms with Gasteiger partial charge < -0.3 is 15.7 Å². The number of hydrogen-bond donors (Lipinski definition) is 2. The molecule has 1 fully saturated rings. The zero-order chi connectivity index (χ0) is 13.8. The minimum atomic E-state index is -0.953. The van der Waals surface area contributed by atoms with Crippen LogP contribution in [0.15, 0.2) is 0 Å². The van der Waals surface area contributed by atoms with Crippen molar-refractivity contribution in [2.24, 2.45) is 11.1 Å². The quantitative estimate of drug-likeness (QED) is 0.748. The third-order valence-electron chi connectivity index (χ3n) is 4.08. The summed E-state index contributed by atoms with van der Waals surface area (Å²) in [5.41, 5.74) is 5.05. The van der Waals surface area contributed by atoms with Crippen LogP contribution in [0.2, 0.25) is 0 Å². The number of carboxylic acids is 1. The van der Waals surface area contributed by atoms with Gasteiger partial charge >= 0.3 is 5.97 Å². The summed E-state index contributed by atoms with van der Waals surface area (Å²) in [7, 11) is 0. The summed E-state index contributed by atoms with van der Waals surface area (Å²) in [6, 6.07) is 0.0750. The second kappa shape index (κ2) is 6.18. The van der Waals surface area contributed by atoms with Crippen LogP contribution in [-0.4, -0.2) is 41.0 Å². The molecule has 0 aromatic heterocycles. The molecule has 0 aromatic carbocycles. The number of rotatable bonds is 6. The maximum Gasteiger partial charge on any atom is 0.323 e. The number of nitrogens with zero attached hydrogens (tertiary/aromatic N) is 1. The summed E-state index contributed by atoms with van der Waals surface area (Å²) >= 11 is 0. The molecule has 1 atom stereocenters. The van der Waals surface area contributed by atoms with Gasteiger partial charge in [-0.3, -0.25) is 9.59 Å². The zero-order valence-electron chi connectivity index (χ0n) is 11.3. The third-order valence-corrected chi connectivity index (χ3v) is 4.08. The van der Waals surface area contributed by atoms with Gasteiger partial charge in [0.1, 0.15) is 6.54 Å². The Hall–Kier alpha value is -1.10. The molecule has 1 aliphatic rings. The highest BCUT2D eigenvalue weighted by Crippen LogP contribution is 2.29. The van der Waals surface area contributed by atoms with E-state index in [9.17, 15) is 9.59 Å². The molecule has 0 aliphatic heterocycles. The lowest BCUT2D eigenvalue weighted by Gasteiger charge is -2.35. The topological polar surface area (TPSA) is 83.6 Å². The van der Waals surface area contributed by atoms with Crippen molar-refractivity contribution in [1.29, 1.82) is 0 Å². The summed E-state index contributed by atoms with van der Waals surface area (Å²) in [5.74, 6) is -1.06. The van der Waals surface area contributed by atoms with Crippen LogP contribution in [-0.2, 0) is 9.59 Å². The highest BCUT2D eigenvalue weighted by atomic mass is 16.4. The SMILES string of the molecule is CCC(C)(CN)C(=O)N(CC(=O)O)C1CCCC1. The van der Waals surface area contributed by atoms with E-state index in [4.69, 9.17) is 10.8 Å². The lowest BCUT2D eigenvalue weighted by atomic mass is 9.85. The van der Waals surface area contributed by atoms with E-state index in [1.165, 1.54) is 4.90 Å². The van der Waals surface area contributed by atoms with Crippen molar-refractivity contribution in [1.82, 2.24) is 4.90 Å². The van der Waals surface area contributed by atoms with Crippen LogP contribution in [0.4, 0.5) is 0 Å². The van der Waals surface area contributed by atoms with E-state index in [2.05, 4.69) is 0 Å². The predicted octanol–water partition coefficient (Wildman–Crippen LogP) is 1.22. The number of amides is 1. The molecule has 0 spiro atoms. The van der Waals surface area contributed by atoms with E-state index in [-0.39, 0.29) is 25.0 Å². The second-order valence-electron chi connectivity index (χ2n) is 5.38. The molecule has 0 saturated heterocycles. The highest BCUT2D eigenvalue weighted by molar-refractivity contribution is 5.86. The van der Waals surface area contributed by atoms with E-state index in [1.807, 2.05) is 13.8 Å². The van der Waals surface area contributed by atoms with Gasteiger partial charge in [-0.05, 0) is 26.2 Å². The van der Waals surface area contributed by atoms with Gasteiger partial charge in [0, 0.05) is 12.6 Å². The molecule has 3 N–H and O–H groups in total. The van der Waals surface area contributed by atoms with Gasteiger partial charge in [-0.1, -0.05) is 19.8 Å². The maximum atomic E-state index is 12.5. The molecule has 1 aliphatic carbocycles. The fourth-order valence-corrected chi connectivity index (χ4v) is 2.46. The normalized spacial score (nSPS) is 19.5. The number of carboxylic acid groups (broad SMARTS) is 1. The first-order valence-corrected chi connectivity index (χ1v) is 6.67. The van der Waals surface area contributed by atoms with Gasteiger partial charge in [-0.25, -0.2) is 0 Å². The van der Waals surface area contributed by atoms with E-state index in [0.29, 0.717) is 6.42 Å². The number of hydrogen-bond acceptors (Lipinski definition) is 3. The van der Waals surface area contributed by atoms with Crippen LogP contribution in [0.3, 0.4) is 0 Å². The van der Waals surface area contributed by atoms with Crippen LogP contribution in [0.25, 0.3) is 0 Å². The van der Waals surface area contributed by atoms with Crippen LogP contribution < -0.4 is 5.73 Å². The van der Waals surface area contributed by atoms with E-state index < -0.39 is 11.4 Å². The monoisotopic (exact) mass is 256 g/mol. The predicted molar refractivity (Wildman–Crippen MR) is 69.1 cm³/mol. The Morgan fingerprint density at radius 1 is 1.39 bits per heavy atom. The summed E-state index contributed by atoms with van der Waals surface area (Å²) in [5, 5.41) is 8.98. The largest absolute Gasteiger partial charge is 0.480 e. The fourth-order valence-electron chi connectivity index (χ4n) is 2.46. The van der Waals surface area contributed by atoms with Gasteiger partial charge in [-0.15, -0.1) is 0 Å². The minimum Gasteiger partial charge on any atom is -0.480 e. The molecule has 18 heavy (non-hydrogen) atoms. The smallest absolute Gasteiger partial charge is 0.323 e. The lowest BCUT2D eigenvalue weighted by molar-refractivity contribution is -0.151. The van der Waals surface area contributed by atoms with Crippen molar-refractivity contribution >= 4 is 11.9 Å². The average Bonchev–Trinajstić information content (AvgIpc) is 2.87. The first kappa shape index (κ1) is 15.0. The van der Waals surface area contributed by atoms with E-state index in [0.717, 1.165) is 25.7 Å². The van der Waals surface area contributed by atoms with Crippen molar-refractivity contribution in [2.45, 2.75) is 52.0 Å². The maximum absolute atomic E-state index is 12.5. The highest BCUT2D eigenvalue weighted by Gasteiger charge is 2.38. The van der Waals surface area contributed by atoms with Crippen molar-refractivity contribution < 1.29 is 14.7 Å². The first-order valence-electron chi connectivity index (χ1n) is 6.67. The van der Waals surface area contributed by atoms with Gasteiger partial charge in [0.25, 0.3) is 0 Å². The summed E-state index contributed by atoms with van der Waals surface area (Å²) in [6.07, 6.45) is 4.58. The second-order valence-corrected chi connectivity index (χ2v) is 5.38. The van der Waals surface area contributed by atoms with Gasteiger partial charge in [-0.2, -0.15) is 0 Å². The zero-order valence-corrected chi connectivity index (χ0v) is 11.3. The van der Waals surface area contributed by atoms with Crippen molar-refractivity contribution in [3.05, 3.63) is 0 Å². The third kappa shape index (κ3) is 3.22. The number of carbonyl (C=O) groups is 2. The van der Waals surface area contributed by atoms with E-state index >= 15 is 0 Å². The Bertz CT molecular complexity index is 307. The average molecular weight is 256 g/mol. The van der Waals surface area contributed by atoms with Crippen LogP contribution in [0.1, 0.15) is 46.0 Å². The number of nitrogens with two attached hydrogens (primary N) is 1. The Labute approximate surface area is 108 Å². The van der Waals surface area contributed by atoms with Gasteiger partial charge in [0.05, 0.1) is 5.41 Å². The molecule has 1 unspecified atom stereocenters. The molecule has 0 heterocycles. The van der Waals surface area contributed by atoms with Crippen molar-refractivity contribution in [2.75, 3.05) is 13.1 Å². The molecule has 5 heteroatoms. The summed E-state index contributed by atoms with van der Waals surface area (Å²) in [4.78, 5) is 25.0. The first-order chi connectivity index (χ1) is 8.44. The fraction of sp³-hybridized carbons (Fsp3) is 0.846.